The van der Waals surface area contributed by atoms with Crippen molar-refractivity contribution in [1.29, 1.82) is 0 Å². The van der Waals surface area contributed by atoms with Gasteiger partial charge >= 0.3 is 0 Å². The highest BCUT2D eigenvalue weighted by atomic mass is 127. The van der Waals surface area contributed by atoms with Crippen LogP contribution in [0.2, 0.25) is 0 Å². The van der Waals surface area contributed by atoms with Gasteiger partial charge in [0.1, 0.15) is 12.8 Å². The summed E-state index contributed by atoms with van der Waals surface area (Å²) in [6.07, 6.45) is 7.59. The van der Waals surface area contributed by atoms with Crippen LogP contribution in [0.3, 0.4) is 0 Å². The molecule has 0 bridgehead atoms. The predicted octanol–water partition coefficient (Wildman–Crippen LogP) is 3.81. The average molecular weight is 533 g/mol. The lowest BCUT2D eigenvalue weighted by atomic mass is 9.99. The van der Waals surface area contributed by atoms with Crippen LogP contribution in [0.25, 0.3) is 34.5 Å². The summed E-state index contributed by atoms with van der Waals surface area (Å²) >= 11 is 0. The van der Waals surface area contributed by atoms with E-state index in [0.717, 1.165) is 24.3 Å². The fourth-order valence-corrected chi connectivity index (χ4v) is 3.71. The first kappa shape index (κ1) is 23.7. The molecule has 1 heterocycles. The molecular formula is C29H28INO. The first-order valence-electron chi connectivity index (χ1n) is 10.8. The summed E-state index contributed by atoms with van der Waals surface area (Å²) in [6.45, 7) is 2.86. The fraction of sp³-hybridized carbons (Fsp3) is 0.138. The van der Waals surface area contributed by atoms with Gasteiger partial charge in [-0.25, -0.2) is 0 Å². The van der Waals surface area contributed by atoms with Crippen molar-refractivity contribution < 1.29 is 33.3 Å². The number of benzene rings is 3. The van der Waals surface area contributed by atoms with E-state index in [1.54, 1.807) is 0 Å². The van der Waals surface area contributed by atoms with Crippen molar-refractivity contribution in [3.05, 3.63) is 108 Å². The number of hydrogen-bond donors (Lipinski definition) is 0. The van der Waals surface area contributed by atoms with Crippen LogP contribution in [-0.4, -0.2) is 6.61 Å². The van der Waals surface area contributed by atoms with Crippen LogP contribution in [0.4, 0.5) is 0 Å². The highest BCUT2D eigenvalue weighted by Gasteiger charge is 2.17. The van der Waals surface area contributed by atoms with Crippen LogP contribution >= 0.6 is 0 Å². The van der Waals surface area contributed by atoms with Gasteiger partial charge in [0.15, 0.2) is 6.20 Å². The van der Waals surface area contributed by atoms with Gasteiger partial charge in [-0.05, 0) is 54.0 Å². The molecule has 32 heavy (non-hydrogen) atoms. The first-order chi connectivity index (χ1) is 15.2. The topological polar surface area (TPSA) is 13.1 Å². The molecule has 3 aromatic carbocycles. The third-order valence-corrected chi connectivity index (χ3v) is 5.23. The Labute approximate surface area is 208 Å². The van der Waals surface area contributed by atoms with E-state index in [-0.39, 0.29) is 24.0 Å². The minimum atomic E-state index is 0. The zero-order chi connectivity index (χ0) is 21.5. The summed E-state index contributed by atoms with van der Waals surface area (Å²) in [6, 6.07) is 31.6. The molecule has 162 valence electrons. The molecule has 0 saturated heterocycles. The number of pyridine rings is 1. The summed E-state index contributed by atoms with van der Waals surface area (Å²) < 4.78 is 7.92. The minimum absolute atomic E-state index is 0. The number of aromatic nitrogens is 1. The predicted molar refractivity (Wildman–Crippen MR) is 130 cm³/mol. The number of nitrogens with zero attached hydrogens (tertiary/aromatic N) is 1. The molecular weight excluding hydrogens is 505 g/mol. The molecule has 0 unspecified atom stereocenters. The van der Waals surface area contributed by atoms with Gasteiger partial charge in [0, 0.05) is 16.7 Å². The van der Waals surface area contributed by atoms with Crippen molar-refractivity contribution in [3.8, 4) is 28.1 Å². The molecule has 4 aromatic rings. The monoisotopic (exact) mass is 533 g/mol. The molecule has 4 rings (SSSR count). The average Bonchev–Trinajstić information content (AvgIpc) is 2.83. The molecule has 0 aliphatic heterocycles. The zero-order valence-electron chi connectivity index (χ0n) is 18.5. The van der Waals surface area contributed by atoms with Gasteiger partial charge in [-0.3, -0.25) is 0 Å². The molecule has 0 radical (unpaired) electrons. The summed E-state index contributed by atoms with van der Waals surface area (Å²) in [4.78, 5) is 0. The van der Waals surface area contributed by atoms with E-state index in [1.165, 1.54) is 27.9 Å². The Balaban J connectivity index is 0.00000289. The second kappa shape index (κ2) is 11.6. The number of hydrogen-bond acceptors (Lipinski definition) is 1. The third kappa shape index (κ3) is 5.86. The molecule has 3 heteroatoms. The number of halogens is 1. The molecule has 0 saturated carbocycles. The van der Waals surface area contributed by atoms with Crippen molar-refractivity contribution in [3.63, 3.8) is 0 Å². The van der Waals surface area contributed by atoms with E-state index >= 15 is 0 Å². The van der Waals surface area contributed by atoms with Gasteiger partial charge in [0.25, 0.3) is 0 Å². The summed E-state index contributed by atoms with van der Waals surface area (Å²) in [5.41, 5.74) is 7.14. The number of rotatable bonds is 7. The molecule has 1 aromatic heterocycles. The third-order valence-electron chi connectivity index (χ3n) is 5.23. The van der Waals surface area contributed by atoms with Crippen molar-refractivity contribution >= 4 is 12.2 Å². The van der Waals surface area contributed by atoms with E-state index in [1.807, 2.05) is 12.1 Å². The van der Waals surface area contributed by atoms with E-state index < -0.39 is 0 Å². The van der Waals surface area contributed by atoms with Crippen LogP contribution in [0.15, 0.2) is 97.2 Å². The summed E-state index contributed by atoms with van der Waals surface area (Å²) in [7, 11) is 2.12. The van der Waals surface area contributed by atoms with E-state index in [0.29, 0.717) is 0 Å². The van der Waals surface area contributed by atoms with Gasteiger partial charge in [0.2, 0.25) is 5.69 Å². The first-order valence-corrected chi connectivity index (χ1v) is 10.8. The standard InChI is InChI=1S/C29H28NO.HI/c1-3-20-31-28-18-15-23(16-19-28)14-17-26-21-27(24-10-6-4-7-11-24)22-30(2)29(26)25-12-8-5-9-13-25;/h4-19,21-22H,3,20H2,1-2H3;1H/q+1;/p-1/b17-14+;. The Hall–Kier alpha value is -2.92. The zero-order valence-corrected chi connectivity index (χ0v) is 20.7. The maximum Gasteiger partial charge on any atom is 0.219 e. The lowest BCUT2D eigenvalue weighted by Gasteiger charge is -2.08. The van der Waals surface area contributed by atoms with Gasteiger partial charge < -0.3 is 28.7 Å². The maximum atomic E-state index is 5.70. The Kier molecular flexibility index (Phi) is 8.63. The molecule has 0 aliphatic carbocycles. The van der Waals surface area contributed by atoms with Crippen molar-refractivity contribution in [2.24, 2.45) is 7.05 Å². The van der Waals surface area contributed by atoms with Crippen LogP contribution < -0.4 is 33.3 Å². The Morgan fingerprint density at radius 1 is 0.750 bits per heavy atom. The Bertz CT molecular complexity index is 1150. The van der Waals surface area contributed by atoms with E-state index in [4.69, 9.17) is 4.74 Å². The van der Waals surface area contributed by atoms with Crippen molar-refractivity contribution in [1.82, 2.24) is 0 Å². The minimum Gasteiger partial charge on any atom is -1.00 e. The SMILES string of the molecule is CCCOc1ccc(/C=C/c2cc(-c3ccccc3)c[n+](C)c2-c2ccccc2)cc1.[I-]. The molecule has 2 nitrogen and oxygen atoms in total. The fourth-order valence-electron chi connectivity index (χ4n) is 3.71. The van der Waals surface area contributed by atoms with E-state index in [9.17, 15) is 0 Å². The lowest BCUT2D eigenvalue weighted by molar-refractivity contribution is -0.660. The highest BCUT2D eigenvalue weighted by molar-refractivity contribution is 5.80. The molecule has 0 spiro atoms. The maximum absolute atomic E-state index is 5.70. The quantitative estimate of drug-likeness (QED) is 0.260. The molecule has 0 amide bonds. The van der Waals surface area contributed by atoms with Crippen molar-refractivity contribution in [2.75, 3.05) is 6.61 Å². The molecule has 0 fully saturated rings. The number of aryl methyl sites for hydroxylation is 1. The Morgan fingerprint density at radius 2 is 1.38 bits per heavy atom. The van der Waals surface area contributed by atoms with Gasteiger partial charge in [-0.15, -0.1) is 0 Å². The second-order valence-corrected chi connectivity index (χ2v) is 7.63. The van der Waals surface area contributed by atoms with Crippen LogP contribution in [0.1, 0.15) is 24.5 Å². The highest BCUT2D eigenvalue weighted by Crippen LogP contribution is 2.27. The van der Waals surface area contributed by atoms with Crippen LogP contribution in [-0.2, 0) is 7.05 Å². The normalized spacial score (nSPS) is 10.7. The van der Waals surface area contributed by atoms with Crippen LogP contribution in [0, 0.1) is 0 Å². The van der Waals surface area contributed by atoms with E-state index in [2.05, 4.69) is 116 Å². The van der Waals surface area contributed by atoms with Crippen molar-refractivity contribution in [2.45, 2.75) is 13.3 Å². The Morgan fingerprint density at radius 3 is 2.00 bits per heavy atom. The largest absolute Gasteiger partial charge is 1.00 e. The lowest BCUT2D eigenvalue weighted by Crippen LogP contribution is -3.00. The summed E-state index contributed by atoms with van der Waals surface area (Å²) in [5.74, 6) is 0.918. The summed E-state index contributed by atoms with van der Waals surface area (Å²) in [5, 5.41) is 0. The van der Waals surface area contributed by atoms with Crippen LogP contribution in [0.5, 0.6) is 5.75 Å². The van der Waals surface area contributed by atoms with Gasteiger partial charge in [-0.1, -0.05) is 73.7 Å². The van der Waals surface area contributed by atoms with Gasteiger partial charge in [0.05, 0.1) is 6.61 Å². The molecule has 0 aliphatic rings. The smallest absolute Gasteiger partial charge is 0.219 e. The molecule has 0 atom stereocenters. The second-order valence-electron chi connectivity index (χ2n) is 7.63. The number of ether oxygens (including phenoxy) is 1. The van der Waals surface area contributed by atoms with Gasteiger partial charge in [-0.2, -0.15) is 4.57 Å². The molecule has 0 N–H and O–H groups in total.